The normalized spacial score (nSPS) is 16.2. The van der Waals surface area contributed by atoms with E-state index in [1.54, 1.807) is 12.1 Å². The Kier molecular flexibility index (Phi) is 6.84. The van der Waals surface area contributed by atoms with Gasteiger partial charge in [0.2, 0.25) is 5.91 Å². The number of hydrogen-bond donors (Lipinski definition) is 0. The molecular weight excluding hydrogens is 441 g/mol. The molecule has 184 valence electrons. The molecule has 0 radical (unpaired) electrons. The van der Waals surface area contributed by atoms with Crippen molar-refractivity contribution >= 4 is 28.3 Å². The molecule has 2 aliphatic rings. The Morgan fingerprint density at radius 2 is 1.74 bits per heavy atom. The molecule has 3 aromatic rings. The first-order chi connectivity index (χ1) is 17.0. The van der Waals surface area contributed by atoms with E-state index in [2.05, 4.69) is 30.9 Å². The summed E-state index contributed by atoms with van der Waals surface area (Å²) in [5.74, 6) is 2.72. The largest absolute Gasteiger partial charge is 0.366 e. The van der Waals surface area contributed by atoms with Crippen LogP contribution in [0.5, 0.6) is 0 Å². The van der Waals surface area contributed by atoms with Gasteiger partial charge in [0.15, 0.2) is 0 Å². The second-order valence-corrected chi connectivity index (χ2v) is 10.1. The number of halogens is 1. The molecule has 2 heterocycles. The van der Waals surface area contributed by atoms with Gasteiger partial charge in [0, 0.05) is 57.0 Å². The van der Waals surface area contributed by atoms with Crippen molar-refractivity contribution in [2.24, 2.45) is 5.92 Å². The molecule has 6 nitrogen and oxygen atoms in total. The van der Waals surface area contributed by atoms with Gasteiger partial charge in [-0.05, 0) is 43.0 Å². The Bertz CT molecular complexity index is 1190. The number of nitrogens with zero attached hydrogens (tertiary/aromatic N) is 5. The molecule has 1 saturated heterocycles. The van der Waals surface area contributed by atoms with E-state index in [9.17, 15) is 9.18 Å². The SMILES string of the molecule is CC(C)CN(CCC(=O)N1CCN(c2ccccc2F)CC1)c1nc(C2CC2)nc2ccccc12. The minimum atomic E-state index is -0.209. The zero-order chi connectivity index (χ0) is 24.4. The third kappa shape index (κ3) is 5.39. The van der Waals surface area contributed by atoms with Crippen molar-refractivity contribution in [3.05, 3.63) is 60.2 Å². The highest BCUT2D eigenvalue weighted by Crippen LogP contribution is 2.40. The molecule has 0 atom stereocenters. The standard InChI is InChI=1S/C28H34FN5O/c1-20(2)19-34(28-22-7-3-5-9-24(22)30-27(31-28)21-11-12-21)14-13-26(35)33-17-15-32(16-18-33)25-10-6-4-8-23(25)29/h3-10,20-21H,11-19H2,1-2H3. The number of hydrogen-bond acceptors (Lipinski definition) is 5. The third-order valence-electron chi connectivity index (χ3n) is 6.85. The molecule has 2 fully saturated rings. The van der Waals surface area contributed by atoms with E-state index in [1.807, 2.05) is 28.0 Å². The fourth-order valence-electron chi connectivity index (χ4n) is 4.86. The predicted molar refractivity (Wildman–Crippen MR) is 138 cm³/mol. The minimum absolute atomic E-state index is 0.146. The maximum Gasteiger partial charge on any atom is 0.224 e. The summed E-state index contributed by atoms with van der Waals surface area (Å²) in [5, 5.41) is 1.04. The smallest absolute Gasteiger partial charge is 0.224 e. The molecule has 1 aromatic heterocycles. The summed E-state index contributed by atoms with van der Waals surface area (Å²) in [7, 11) is 0. The zero-order valence-electron chi connectivity index (χ0n) is 20.7. The summed E-state index contributed by atoms with van der Waals surface area (Å²) in [6.45, 7) is 8.35. The van der Waals surface area contributed by atoms with Crippen molar-refractivity contribution in [3.8, 4) is 0 Å². The topological polar surface area (TPSA) is 52.6 Å². The Balaban J connectivity index is 1.27. The molecule has 1 aliphatic heterocycles. The second kappa shape index (κ2) is 10.2. The van der Waals surface area contributed by atoms with Crippen LogP contribution in [0.4, 0.5) is 15.9 Å². The molecule has 1 saturated carbocycles. The van der Waals surface area contributed by atoms with Crippen LogP contribution in [0.15, 0.2) is 48.5 Å². The molecule has 35 heavy (non-hydrogen) atoms. The number of piperazine rings is 1. The van der Waals surface area contributed by atoms with Crippen molar-refractivity contribution in [2.75, 3.05) is 49.1 Å². The number of carbonyl (C=O) groups excluding carboxylic acids is 1. The quantitative estimate of drug-likeness (QED) is 0.466. The average Bonchev–Trinajstić information content (AvgIpc) is 3.72. The van der Waals surface area contributed by atoms with E-state index in [4.69, 9.17) is 9.97 Å². The molecule has 0 N–H and O–H groups in total. The summed E-state index contributed by atoms with van der Waals surface area (Å²) in [4.78, 5) is 29.2. The first kappa shape index (κ1) is 23.5. The van der Waals surface area contributed by atoms with Crippen LogP contribution in [0.25, 0.3) is 10.9 Å². The first-order valence-corrected chi connectivity index (χ1v) is 12.8. The molecule has 0 spiro atoms. The molecule has 2 aromatic carbocycles. The van der Waals surface area contributed by atoms with Crippen molar-refractivity contribution in [1.29, 1.82) is 0 Å². The average molecular weight is 476 g/mol. The Hall–Kier alpha value is -3.22. The predicted octanol–water partition coefficient (Wildman–Crippen LogP) is 4.85. The lowest BCUT2D eigenvalue weighted by atomic mass is 10.1. The van der Waals surface area contributed by atoms with Crippen LogP contribution in [-0.4, -0.2) is 60.0 Å². The lowest BCUT2D eigenvalue weighted by Crippen LogP contribution is -2.49. The number of amides is 1. The summed E-state index contributed by atoms with van der Waals surface area (Å²) in [6.07, 6.45) is 2.74. The van der Waals surface area contributed by atoms with E-state index in [0.29, 0.717) is 56.7 Å². The Morgan fingerprint density at radius 1 is 1.03 bits per heavy atom. The van der Waals surface area contributed by atoms with E-state index < -0.39 is 0 Å². The molecule has 7 heteroatoms. The molecule has 0 unspecified atom stereocenters. The summed E-state index contributed by atoms with van der Waals surface area (Å²) >= 11 is 0. The highest BCUT2D eigenvalue weighted by atomic mass is 19.1. The third-order valence-corrected chi connectivity index (χ3v) is 6.85. The van der Waals surface area contributed by atoms with E-state index >= 15 is 0 Å². The van der Waals surface area contributed by atoms with Gasteiger partial charge in [-0.2, -0.15) is 0 Å². The van der Waals surface area contributed by atoms with Gasteiger partial charge in [0.25, 0.3) is 0 Å². The van der Waals surface area contributed by atoms with Crippen LogP contribution in [-0.2, 0) is 4.79 Å². The molecule has 1 aliphatic carbocycles. The molecule has 1 amide bonds. The number of carbonyl (C=O) groups is 1. The fraction of sp³-hybridized carbons (Fsp3) is 0.464. The first-order valence-electron chi connectivity index (χ1n) is 12.8. The summed E-state index contributed by atoms with van der Waals surface area (Å²) in [5.41, 5.74) is 1.59. The number of benzene rings is 2. The number of anilines is 2. The van der Waals surface area contributed by atoms with Gasteiger partial charge in [0.05, 0.1) is 11.2 Å². The van der Waals surface area contributed by atoms with Gasteiger partial charge in [-0.15, -0.1) is 0 Å². The number of aromatic nitrogens is 2. The lowest BCUT2D eigenvalue weighted by Gasteiger charge is -2.36. The zero-order valence-corrected chi connectivity index (χ0v) is 20.7. The Morgan fingerprint density at radius 3 is 2.46 bits per heavy atom. The van der Waals surface area contributed by atoms with E-state index in [1.165, 1.54) is 6.07 Å². The van der Waals surface area contributed by atoms with Crippen LogP contribution >= 0.6 is 0 Å². The minimum Gasteiger partial charge on any atom is -0.366 e. The molecule has 0 bridgehead atoms. The van der Waals surface area contributed by atoms with Crippen LogP contribution in [0.3, 0.4) is 0 Å². The van der Waals surface area contributed by atoms with E-state index in [0.717, 1.165) is 41.9 Å². The fourth-order valence-corrected chi connectivity index (χ4v) is 4.86. The van der Waals surface area contributed by atoms with Gasteiger partial charge >= 0.3 is 0 Å². The van der Waals surface area contributed by atoms with Crippen LogP contribution < -0.4 is 9.80 Å². The van der Waals surface area contributed by atoms with Crippen LogP contribution in [0.2, 0.25) is 0 Å². The maximum atomic E-state index is 14.2. The van der Waals surface area contributed by atoms with E-state index in [-0.39, 0.29) is 11.7 Å². The Labute approximate surface area is 206 Å². The maximum absolute atomic E-state index is 14.2. The van der Waals surface area contributed by atoms with Crippen molar-refractivity contribution < 1.29 is 9.18 Å². The van der Waals surface area contributed by atoms with Gasteiger partial charge in [-0.3, -0.25) is 4.79 Å². The van der Waals surface area contributed by atoms with Gasteiger partial charge < -0.3 is 14.7 Å². The number of rotatable bonds is 8. The molecular formula is C28H34FN5O. The molecule has 5 rings (SSSR count). The van der Waals surface area contributed by atoms with Gasteiger partial charge in [-0.25, -0.2) is 14.4 Å². The van der Waals surface area contributed by atoms with Crippen LogP contribution in [0.1, 0.15) is 44.9 Å². The highest BCUT2D eigenvalue weighted by molar-refractivity contribution is 5.90. The van der Waals surface area contributed by atoms with Crippen molar-refractivity contribution in [3.63, 3.8) is 0 Å². The second-order valence-electron chi connectivity index (χ2n) is 10.1. The monoisotopic (exact) mass is 475 g/mol. The number of fused-ring (bicyclic) bond motifs is 1. The summed E-state index contributed by atoms with van der Waals surface area (Å²) in [6, 6.07) is 15.0. The highest BCUT2D eigenvalue weighted by Gasteiger charge is 2.29. The lowest BCUT2D eigenvalue weighted by molar-refractivity contribution is -0.131. The van der Waals surface area contributed by atoms with Gasteiger partial charge in [0.1, 0.15) is 17.5 Å². The van der Waals surface area contributed by atoms with Crippen LogP contribution in [0, 0.1) is 11.7 Å². The van der Waals surface area contributed by atoms with Crippen molar-refractivity contribution in [1.82, 2.24) is 14.9 Å². The number of para-hydroxylation sites is 2. The van der Waals surface area contributed by atoms with Crippen molar-refractivity contribution in [2.45, 2.75) is 39.0 Å². The van der Waals surface area contributed by atoms with Gasteiger partial charge in [-0.1, -0.05) is 38.1 Å². The summed E-state index contributed by atoms with van der Waals surface area (Å²) < 4.78 is 14.2.